The standard InChI is InChI=1S/C5H9N3O/c1-7-2-3-8(6)5(9)4-7/h2-4,9H,6H2,1H3. The predicted octanol–water partition coefficient (Wildman–Crippen LogP) is -0.0644. The van der Waals surface area contributed by atoms with E-state index in [0.717, 1.165) is 5.01 Å². The highest BCUT2D eigenvalue weighted by Crippen LogP contribution is 2.03. The smallest absolute Gasteiger partial charge is 0.222 e. The number of nitrogens with two attached hydrogens (primary N) is 1. The molecule has 1 aliphatic rings. The lowest BCUT2D eigenvalue weighted by Crippen LogP contribution is -2.28. The summed E-state index contributed by atoms with van der Waals surface area (Å²) in [4.78, 5) is 1.71. The summed E-state index contributed by atoms with van der Waals surface area (Å²) in [5.74, 6) is 5.28. The van der Waals surface area contributed by atoms with Gasteiger partial charge in [0.25, 0.3) is 0 Å². The Bertz CT molecular complexity index is 164. The highest BCUT2D eigenvalue weighted by Gasteiger charge is 2.03. The molecule has 0 bridgehead atoms. The second kappa shape index (κ2) is 1.99. The van der Waals surface area contributed by atoms with Crippen molar-refractivity contribution >= 4 is 0 Å². The van der Waals surface area contributed by atoms with E-state index in [2.05, 4.69) is 0 Å². The van der Waals surface area contributed by atoms with Gasteiger partial charge >= 0.3 is 0 Å². The number of aliphatic hydroxyl groups is 1. The second-order valence-electron chi connectivity index (χ2n) is 1.86. The monoisotopic (exact) mass is 127 g/mol. The van der Waals surface area contributed by atoms with Crippen molar-refractivity contribution < 1.29 is 5.11 Å². The minimum Gasteiger partial charge on any atom is -0.493 e. The normalized spacial score (nSPS) is 18.2. The van der Waals surface area contributed by atoms with E-state index >= 15 is 0 Å². The van der Waals surface area contributed by atoms with Crippen LogP contribution in [-0.2, 0) is 0 Å². The van der Waals surface area contributed by atoms with Gasteiger partial charge in [-0.15, -0.1) is 0 Å². The Hall–Kier alpha value is -1.16. The van der Waals surface area contributed by atoms with E-state index in [1.54, 1.807) is 24.3 Å². The Morgan fingerprint density at radius 2 is 2.22 bits per heavy atom. The Morgan fingerprint density at radius 1 is 1.56 bits per heavy atom. The van der Waals surface area contributed by atoms with Crippen molar-refractivity contribution in [2.24, 2.45) is 5.84 Å². The third-order valence-corrected chi connectivity index (χ3v) is 1.05. The Balaban J connectivity index is 2.70. The molecule has 0 saturated heterocycles. The number of aliphatic hydroxyl groups excluding tert-OH is 1. The first kappa shape index (κ1) is 5.97. The van der Waals surface area contributed by atoms with Crippen molar-refractivity contribution in [2.75, 3.05) is 7.05 Å². The van der Waals surface area contributed by atoms with Crippen LogP contribution in [0.1, 0.15) is 0 Å². The molecule has 0 saturated carbocycles. The van der Waals surface area contributed by atoms with Crippen molar-refractivity contribution in [3.8, 4) is 0 Å². The summed E-state index contributed by atoms with van der Waals surface area (Å²) in [5, 5.41) is 10.1. The highest BCUT2D eigenvalue weighted by molar-refractivity contribution is 5.02. The molecule has 1 heterocycles. The van der Waals surface area contributed by atoms with E-state index in [9.17, 15) is 0 Å². The van der Waals surface area contributed by atoms with Gasteiger partial charge < -0.3 is 10.0 Å². The van der Waals surface area contributed by atoms with Crippen LogP contribution in [0.15, 0.2) is 24.5 Å². The van der Waals surface area contributed by atoms with Crippen LogP contribution < -0.4 is 5.84 Å². The molecule has 0 unspecified atom stereocenters. The fourth-order valence-electron chi connectivity index (χ4n) is 0.545. The quantitative estimate of drug-likeness (QED) is 0.447. The van der Waals surface area contributed by atoms with Crippen molar-refractivity contribution in [1.29, 1.82) is 0 Å². The van der Waals surface area contributed by atoms with E-state index in [4.69, 9.17) is 10.9 Å². The van der Waals surface area contributed by atoms with E-state index in [1.165, 1.54) is 6.20 Å². The maximum Gasteiger partial charge on any atom is 0.222 e. The minimum atomic E-state index is 0.0417. The number of hydrazine groups is 1. The summed E-state index contributed by atoms with van der Waals surface area (Å²) < 4.78 is 0. The first-order valence-corrected chi connectivity index (χ1v) is 2.55. The third kappa shape index (κ3) is 1.14. The van der Waals surface area contributed by atoms with Crippen LogP contribution in [0.5, 0.6) is 0 Å². The maximum atomic E-state index is 8.92. The molecule has 0 spiro atoms. The van der Waals surface area contributed by atoms with Gasteiger partial charge in [-0.25, -0.2) is 5.84 Å². The van der Waals surface area contributed by atoms with Gasteiger partial charge in [-0.1, -0.05) is 0 Å². The molecule has 1 aliphatic heterocycles. The van der Waals surface area contributed by atoms with Gasteiger partial charge in [0, 0.05) is 19.4 Å². The van der Waals surface area contributed by atoms with E-state index in [1.807, 2.05) is 0 Å². The summed E-state index contributed by atoms with van der Waals surface area (Å²) in [7, 11) is 1.81. The van der Waals surface area contributed by atoms with Gasteiger partial charge in [0.15, 0.2) is 0 Å². The summed E-state index contributed by atoms with van der Waals surface area (Å²) in [5.41, 5.74) is 0. The molecule has 0 fully saturated rings. The van der Waals surface area contributed by atoms with Gasteiger partial charge in [0.05, 0.1) is 6.20 Å². The average molecular weight is 127 g/mol. The van der Waals surface area contributed by atoms with Crippen molar-refractivity contribution in [3.63, 3.8) is 0 Å². The van der Waals surface area contributed by atoms with Gasteiger partial charge in [0.1, 0.15) is 0 Å². The molecule has 0 amide bonds. The number of hydrogen-bond donors (Lipinski definition) is 2. The largest absolute Gasteiger partial charge is 0.493 e. The van der Waals surface area contributed by atoms with Crippen molar-refractivity contribution in [1.82, 2.24) is 9.91 Å². The zero-order valence-corrected chi connectivity index (χ0v) is 5.15. The Morgan fingerprint density at radius 3 is 2.67 bits per heavy atom. The van der Waals surface area contributed by atoms with Crippen LogP contribution in [0.4, 0.5) is 0 Å². The van der Waals surface area contributed by atoms with Crippen molar-refractivity contribution in [3.05, 3.63) is 24.5 Å². The molecule has 0 radical (unpaired) electrons. The predicted molar refractivity (Wildman–Crippen MR) is 33.6 cm³/mol. The first-order valence-electron chi connectivity index (χ1n) is 2.55. The lowest BCUT2D eigenvalue weighted by Gasteiger charge is -2.20. The fraction of sp³-hybridized carbons (Fsp3) is 0.200. The highest BCUT2D eigenvalue weighted by atomic mass is 16.3. The summed E-state index contributed by atoms with van der Waals surface area (Å²) in [6.07, 6.45) is 4.81. The van der Waals surface area contributed by atoms with Crippen LogP contribution in [0.25, 0.3) is 0 Å². The maximum absolute atomic E-state index is 8.92. The van der Waals surface area contributed by atoms with Crippen LogP contribution in [-0.4, -0.2) is 22.1 Å². The number of hydrogen-bond acceptors (Lipinski definition) is 4. The molecule has 0 aromatic carbocycles. The van der Waals surface area contributed by atoms with Crippen LogP contribution in [0.2, 0.25) is 0 Å². The van der Waals surface area contributed by atoms with Crippen molar-refractivity contribution in [2.45, 2.75) is 0 Å². The first-order chi connectivity index (χ1) is 4.20. The van der Waals surface area contributed by atoms with Gasteiger partial charge in [0.2, 0.25) is 5.88 Å². The molecule has 1 rings (SSSR count). The third-order valence-electron chi connectivity index (χ3n) is 1.05. The molecule has 0 aliphatic carbocycles. The molecule has 0 atom stereocenters. The SMILES string of the molecule is CN1C=CN(N)C(O)=C1. The van der Waals surface area contributed by atoms with E-state index < -0.39 is 0 Å². The Labute approximate surface area is 53.4 Å². The van der Waals surface area contributed by atoms with E-state index in [-0.39, 0.29) is 5.88 Å². The number of rotatable bonds is 0. The fourth-order valence-corrected chi connectivity index (χ4v) is 0.545. The Kier molecular flexibility index (Phi) is 1.32. The topological polar surface area (TPSA) is 52.7 Å². The molecule has 50 valence electrons. The second-order valence-corrected chi connectivity index (χ2v) is 1.86. The average Bonchev–Trinajstić information content (AvgIpc) is 1.80. The zero-order valence-electron chi connectivity index (χ0n) is 5.15. The molecular weight excluding hydrogens is 118 g/mol. The summed E-state index contributed by atoms with van der Waals surface area (Å²) in [6.45, 7) is 0. The molecule has 4 nitrogen and oxygen atoms in total. The van der Waals surface area contributed by atoms with Crippen LogP contribution in [0.3, 0.4) is 0 Å². The zero-order chi connectivity index (χ0) is 6.85. The lowest BCUT2D eigenvalue weighted by molar-refractivity contribution is 0.236. The van der Waals surface area contributed by atoms with Crippen LogP contribution in [0, 0.1) is 0 Å². The molecule has 3 N–H and O–H groups in total. The van der Waals surface area contributed by atoms with Gasteiger partial charge in [-0.3, -0.25) is 5.01 Å². The minimum absolute atomic E-state index is 0.0417. The van der Waals surface area contributed by atoms with E-state index in [0.29, 0.717) is 0 Å². The number of nitrogens with zero attached hydrogens (tertiary/aromatic N) is 2. The van der Waals surface area contributed by atoms with Gasteiger partial charge in [-0.05, 0) is 0 Å². The molecular formula is C5H9N3O. The van der Waals surface area contributed by atoms with Gasteiger partial charge in [-0.2, -0.15) is 0 Å². The summed E-state index contributed by atoms with van der Waals surface area (Å²) in [6, 6.07) is 0. The molecule has 0 aromatic rings. The summed E-state index contributed by atoms with van der Waals surface area (Å²) >= 11 is 0. The molecule has 0 aromatic heterocycles. The van der Waals surface area contributed by atoms with Crippen LogP contribution >= 0.6 is 0 Å². The molecule has 4 heteroatoms. The molecule has 9 heavy (non-hydrogen) atoms. The lowest BCUT2D eigenvalue weighted by atomic mass is 10.6.